The number of halogens is 2. The SMILES string of the molecule is O=C(c1sc2cc(F)ccc2c1Cl)N(Cc1ccco1)[C@H]1CCS(=O)(=O)C1. The summed E-state index contributed by atoms with van der Waals surface area (Å²) in [6.07, 6.45) is 1.87. The summed E-state index contributed by atoms with van der Waals surface area (Å²) in [5.41, 5.74) is 0. The summed E-state index contributed by atoms with van der Waals surface area (Å²) in [6, 6.07) is 7.14. The van der Waals surface area contributed by atoms with E-state index >= 15 is 0 Å². The highest BCUT2D eigenvalue weighted by molar-refractivity contribution is 7.91. The predicted molar refractivity (Wildman–Crippen MR) is 102 cm³/mol. The maximum absolute atomic E-state index is 13.5. The zero-order valence-corrected chi connectivity index (χ0v) is 16.4. The van der Waals surface area contributed by atoms with E-state index < -0.39 is 21.7 Å². The molecule has 3 heterocycles. The number of carbonyl (C=O) groups excluding carboxylic acids is 1. The number of nitrogens with zero attached hydrogens (tertiary/aromatic N) is 1. The minimum absolute atomic E-state index is 0.0466. The number of hydrogen-bond acceptors (Lipinski definition) is 5. The number of carbonyl (C=O) groups is 1. The first kappa shape index (κ1) is 18.5. The van der Waals surface area contributed by atoms with Crippen molar-refractivity contribution in [3.8, 4) is 0 Å². The number of thiophene rings is 1. The van der Waals surface area contributed by atoms with Crippen molar-refractivity contribution in [2.75, 3.05) is 11.5 Å². The summed E-state index contributed by atoms with van der Waals surface area (Å²) in [5.74, 6) is -0.272. The molecule has 3 aromatic rings. The summed E-state index contributed by atoms with van der Waals surface area (Å²) < 4.78 is 43.3. The molecule has 0 unspecified atom stereocenters. The van der Waals surface area contributed by atoms with Crippen molar-refractivity contribution in [2.45, 2.75) is 19.0 Å². The highest BCUT2D eigenvalue weighted by atomic mass is 35.5. The Balaban J connectivity index is 1.73. The lowest BCUT2D eigenvalue weighted by atomic mass is 10.2. The zero-order chi connectivity index (χ0) is 19.2. The molecule has 5 nitrogen and oxygen atoms in total. The van der Waals surface area contributed by atoms with Crippen LogP contribution in [0.2, 0.25) is 5.02 Å². The van der Waals surface area contributed by atoms with Crippen LogP contribution < -0.4 is 0 Å². The molecule has 0 spiro atoms. The maximum Gasteiger partial charge on any atom is 0.266 e. The van der Waals surface area contributed by atoms with Gasteiger partial charge in [0.25, 0.3) is 5.91 Å². The van der Waals surface area contributed by atoms with Crippen molar-refractivity contribution < 1.29 is 22.0 Å². The second-order valence-corrected chi connectivity index (χ2v) is 10.1. The number of amides is 1. The van der Waals surface area contributed by atoms with Crippen molar-refractivity contribution in [1.29, 1.82) is 0 Å². The molecule has 142 valence electrons. The van der Waals surface area contributed by atoms with E-state index in [0.29, 0.717) is 22.3 Å². The van der Waals surface area contributed by atoms with Crippen LogP contribution in [-0.2, 0) is 16.4 Å². The fraction of sp³-hybridized carbons (Fsp3) is 0.278. The molecule has 1 aromatic carbocycles. The normalized spacial score (nSPS) is 18.8. The van der Waals surface area contributed by atoms with E-state index in [1.165, 1.54) is 29.4 Å². The molecular formula is C18H15ClFNO4S2. The third-order valence-corrected chi connectivity index (χ3v) is 8.00. The van der Waals surface area contributed by atoms with E-state index in [-0.39, 0.29) is 33.9 Å². The Labute approximate surface area is 164 Å². The average molecular weight is 428 g/mol. The van der Waals surface area contributed by atoms with Crippen LogP contribution in [0.15, 0.2) is 41.0 Å². The standard InChI is InChI=1S/C18H15ClFNO4S2/c19-16-14-4-3-11(20)8-15(14)26-17(16)18(22)21(9-13-2-1-6-25-13)12-5-7-27(23,24)10-12/h1-4,6,8,12H,5,7,9-10H2/t12-/m0/s1. The van der Waals surface area contributed by atoms with Crippen LogP contribution in [-0.4, -0.2) is 36.8 Å². The Morgan fingerprint density at radius 2 is 2.19 bits per heavy atom. The predicted octanol–water partition coefficient (Wildman–Crippen LogP) is 4.12. The third kappa shape index (κ3) is 3.61. The van der Waals surface area contributed by atoms with Crippen LogP contribution in [0, 0.1) is 5.82 Å². The van der Waals surface area contributed by atoms with Gasteiger partial charge in [-0.2, -0.15) is 0 Å². The van der Waals surface area contributed by atoms with Gasteiger partial charge in [0.1, 0.15) is 16.5 Å². The first-order valence-electron chi connectivity index (χ1n) is 8.25. The van der Waals surface area contributed by atoms with Gasteiger partial charge < -0.3 is 9.32 Å². The first-order chi connectivity index (χ1) is 12.8. The molecule has 1 fully saturated rings. The molecule has 1 saturated heterocycles. The van der Waals surface area contributed by atoms with E-state index in [1.54, 1.807) is 12.1 Å². The topological polar surface area (TPSA) is 67.6 Å². The van der Waals surface area contributed by atoms with E-state index in [1.807, 2.05) is 0 Å². The number of rotatable bonds is 4. The molecule has 4 rings (SSSR count). The van der Waals surface area contributed by atoms with E-state index in [9.17, 15) is 17.6 Å². The molecular weight excluding hydrogens is 413 g/mol. The lowest BCUT2D eigenvalue weighted by Crippen LogP contribution is -2.40. The molecule has 1 aliphatic heterocycles. The highest BCUT2D eigenvalue weighted by Crippen LogP contribution is 2.37. The Bertz CT molecular complexity index is 1110. The Hall–Kier alpha value is -1.90. The van der Waals surface area contributed by atoms with E-state index in [0.717, 1.165) is 11.3 Å². The van der Waals surface area contributed by atoms with Crippen LogP contribution in [0.4, 0.5) is 4.39 Å². The van der Waals surface area contributed by atoms with Gasteiger partial charge in [0.2, 0.25) is 0 Å². The molecule has 1 aliphatic rings. The molecule has 1 atom stereocenters. The fourth-order valence-electron chi connectivity index (χ4n) is 3.27. The van der Waals surface area contributed by atoms with Gasteiger partial charge in [-0.25, -0.2) is 12.8 Å². The first-order valence-corrected chi connectivity index (χ1v) is 11.3. The molecule has 2 aromatic heterocycles. The summed E-state index contributed by atoms with van der Waals surface area (Å²) in [4.78, 5) is 15.0. The molecule has 0 saturated carbocycles. The number of furan rings is 1. The zero-order valence-electron chi connectivity index (χ0n) is 14.0. The Morgan fingerprint density at radius 3 is 2.85 bits per heavy atom. The van der Waals surface area contributed by atoms with Gasteiger partial charge in [0, 0.05) is 16.1 Å². The molecule has 1 amide bonds. The minimum atomic E-state index is -3.18. The number of hydrogen-bond donors (Lipinski definition) is 0. The summed E-state index contributed by atoms with van der Waals surface area (Å²) in [7, 11) is -3.18. The molecule has 0 aliphatic carbocycles. The quantitative estimate of drug-likeness (QED) is 0.628. The van der Waals surface area contributed by atoms with Crippen LogP contribution >= 0.6 is 22.9 Å². The van der Waals surface area contributed by atoms with Crippen molar-refractivity contribution >= 4 is 48.8 Å². The van der Waals surface area contributed by atoms with Crippen LogP contribution in [0.25, 0.3) is 10.1 Å². The van der Waals surface area contributed by atoms with Gasteiger partial charge in [-0.15, -0.1) is 11.3 Å². The largest absolute Gasteiger partial charge is 0.467 e. The molecule has 0 N–H and O–H groups in total. The van der Waals surface area contributed by atoms with Crippen molar-refractivity contribution in [3.05, 3.63) is 58.1 Å². The van der Waals surface area contributed by atoms with Crippen molar-refractivity contribution in [3.63, 3.8) is 0 Å². The summed E-state index contributed by atoms with van der Waals surface area (Å²) in [5, 5.41) is 0.855. The number of benzene rings is 1. The summed E-state index contributed by atoms with van der Waals surface area (Å²) in [6.45, 7) is 0.144. The maximum atomic E-state index is 13.5. The fourth-order valence-corrected chi connectivity index (χ4v) is 6.49. The van der Waals surface area contributed by atoms with Gasteiger partial charge >= 0.3 is 0 Å². The van der Waals surface area contributed by atoms with Gasteiger partial charge in [0.05, 0.1) is 29.3 Å². The molecule has 27 heavy (non-hydrogen) atoms. The number of sulfone groups is 1. The second-order valence-electron chi connectivity index (χ2n) is 6.45. The van der Waals surface area contributed by atoms with E-state index in [4.69, 9.17) is 16.0 Å². The van der Waals surface area contributed by atoms with E-state index in [2.05, 4.69) is 0 Å². The molecule has 0 radical (unpaired) electrons. The smallest absolute Gasteiger partial charge is 0.266 e. The monoisotopic (exact) mass is 427 g/mol. The molecule has 0 bridgehead atoms. The van der Waals surface area contributed by atoms with Crippen LogP contribution in [0.3, 0.4) is 0 Å². The van der Waals surface area contributed by atoms with Gasteiger partial charge in [-0.3, -0.25) is 4.79 Å². The number of fused-ring (bicyclic) bond motifs is 1. The Kier molecular flexibility index (Phi) is 4.73. The van der Waals surface area contributed by atoms with Gasteiger partial charge in [-0.05, 0) is 36.8 Å². The highest BCUT2D eigenvalue weighted by Gasteiger charge is 2.36. The Morgan fingerprint density at radius 1 is 1.37 bits per heavy atom. The third-order valence-electron chi connectivity index (χ3n) is 4.60. The molecule has 9 heteroatoms. The van der Waals surface area contributed by atoms with Crippen molar-refractivity contribution in [1.82, 2.24) is 4.90 Å². The average Bonchev–Trinajstić information content (AvgIpc) is 3.32. The minimum Gasteiger partial charge on any atom is -0.467 e. The lowest BCUT2D eigenvalue weighted by molar-refractivity contribution is 0.0671. The lowest BCUT2D eigenvalue weighted by Gasteiger charge is -2.27. The van der Waals surface area contributed by atoms with Gasteiger partial charge in [0.15, 0.2) is 9.84 Å². The summed E-state index contributed by atoms with van der Waals surface area (Å²) >= 11 is 7.49. The van der Waals surface area contributed by atoms with Crippen LogP contribution in [0.1, 0.15) is 21.9 Å². The van der Waals surface area contributed by atoms with Crippen LogP contribution in [0.5, 0.6) is 0 Å². The van der Waals surface area contributed by atoms with Gasteiger partial charge in [-0.1, -0.05) is 11.6 Å². The second kappa shape index (κ2) is 6.92. The van der Waals surface area contributed by atoms with Crippen molar-refractivity contribution in [2.24, 2.45) is 0 Å².